The number of aryl methyl sites for hydroxylation is 1. The van der Waals surface area contributed by atoms with Gasteiger partial charge in [-0.2, -0.15) is 0 Å². The number of nitrogens with one attached hydrogen (secondary N) is 1. The Morgan fingerprint density at radius 1 is 1.50 bits per heavy atom. The topological polar surface area (TPSA) is 72.2 Å². The zero-order valence-electron chi connectivity index (χ0n) is 9.32. The van der Waals surface area contributed by atoms with E-state index in [2.05, 4.69) is 5.32 Å². The van der Waals surface area contributed by atoms with E-state index in [4.69, 9.17) is 0 Å². The molecule has 0 saturated heterocycles. The van der Waals surface area contributed by atoms with Gasteiger partial charge in [-0.15, -0.1) is 0 Å². The number of amides is 1. The van der Waals surface area contributed by atoms with Gasteiger partial charge in [0.05, 0.1) is 4.92 Å². The van der Waals surface area contributed by atoms with Crippen LogP contribution in [0.15, 0.2) is 18.2 Å². The number of hydrogen-bond donors (Lipinski definition) is 1. The molecule has 0 atom stereocenters. The molecule has 5 nitrogen and oxygen atoms in total. The molecule has 0 saturated carbocycles. The van der Waals surface area contributed by atoms with Crippen LogP contribution >= 0.6 is 0 Å². The maximum Gasteiger partial charge on any atom is 0.285 e. The lowest BCUT2D eigenvalue weighted by atomic mass is 10.1. The first-order chi connectivity index (χ1) is 7.57. The van der Waals surface area contributed by atoms with Gasteiger partial charge in [0, 0.05) is 12.1 Å². The number of nitro groups is 1. The average molecular weight is 222 g/mol. The molecule has 1 rings (SSSR count). The van der Waals surface area contributed by atoms with E-state index < -0.39 is 10.8 Å². The average Bonchev–Trinajstić information content (AvgIpc) is 2.24. The van der Waals surface area contributed by atoms with Crippen LogP contribution in [0.5, 0.6) is 0 Å². The number of para-hydroxylation sites is 1. The molecule has 0 aliphatic carbocycles. The summed E-state index contributed by atoms with van der Waals surface area (Å²) in [7, 11) is 0. The molecule has 0 aliphatic heterocycles. The van der Waals surface area contributed by atoms with Crippen LogP contribution in [0.3, 0.4) is 0 Å². The second-order valence-corrected chi connectivity index (χ2v) is 3.48. The van der Waals surface area contributed by atoms with E-state index >= 15 is 0 Å². The van der Waals surface area contributed by atoms with Gasteiger partial charge in [-0.3, -0.25) is 14.9 Å². The smallest absolute Gasteiger partial charge is 0.285 e. The van der Waals surface area contributed by atoms with Crippen LogP contribution in [0.25, 0.3) is 0 Å². The quantitative estimate of drug-likeness (QED) is 0.625. The Bertz CT molecular complexity index is 416. The molecule has 0 radical (unpaired) electrons. The van der Waals surface area contributed by atoms with Gasteiger partial charge in [0.2, 0.25) is 0 Å². The number of rotatable bonds is 4. The summed E-state index contributed by atoms with van der Waals surface area (Å²) < 4.78 is 0. The summed E-state index contributed by atoms with van der Waals surface area (Å²) in [5.41, 5.74) is 0.503. The van der Waals surface area contributed by atoms with Crippen molar-refractivity contribution in [2.75, 3.05) is 6.54 Å². The standard InChI is InChI=1S/C11H14N2O3/c1-3-7-12-11(14)9-6-4-5-8(2)10(9)13(15)16/h4-6H,3,7H2,1-2H3,(H,12,14). The van der Waals surface area contributed by atoms with Gasteiger partial charge in [-0.1, -0.05) is 19.1 Å². The molecule has 0 unspecified atom stereocenters. The molecular weight excluding hydrogens is 208 g/mol. The zero-order valence-corrected chi connectivity index (χ0v) is 9.32. The summed E-state index contributed by atoms with van der Waals surface area (Å²) in [4.78, 5) is 22.0. The molecule has 1 aromatic rings. The molecule has 0 fully saturated rings. The zero-order chi connectivity index (χ0) is 12.1. The van der Waals surface area contributed by atoms with E-state index in [0.717, 1.165) is 6.42 Å². The van der Waals surface area contributed by atoms with E-state index in [1.165, 1.54) is 6.07 Å². The van der Waals surface area contributed by atoms with Crippen molar-refractivity contribution in [3.8, 4) is 0 Å². The Hall–Kier alpha value is -1.91. The first-order valence-corrected chi connectivity index (χ1v) is 5.10. The van der Waals surface area contributed by atoms with Crippen molar-refractivity contribution >= 4 is 11.6 Å². The number of benzene rings is 1. The van der Waals surface area contributed by atoms with E-state index in [1.54, 1.807) is 19.1 Å². The highest BCUT2D eigenvalue weighted by Crippen LogP contribution is 2.22. The lowest BCUT2D eigenvalue weighted by molar-refractivity contribution is -0.385. The highest BCUT2D eigenvalue weighted by Gasteiger charge is 2.21. The largest absolute Gasteiger partial charge is 0.352 e. The SMILES string of the molecule is CCCNC(=O)c1cccc(C)c1[N+](=O)[O-]. The summed E-state index contributed by atoms with van der Waals surface area (Å²) in [5.74, 6) is -0.391. The van der Waals surface area contributed by atoms with E-state index in [0.29, 0.717) is 12.1 Å². The van der Waals surface area contributed by atoms with Crippen molar-refractivity contribution in [3.63, 3.8) is 0 Å². The first kappa shape index (κ1) is 12.2. The van der Waals surface area contributed by atoms with Crippen LogP contribution in [0.1, 0.15) is 29.3 Å². The molecule has 16 heavy (non-hydrogen) atoms. The van der Waals surface area contributed by atoms with Crippen molar-refractivity contribution in [1.82, 2.24) is 5.32 Å². The lowest BCUT2D eigenvalue weighted by Crippen LogP contribution is -2.25. The Morgan fingerprint density at radius 2 is 2.19 bits per heavy atom. The minimum absolute atomic E-state index is 0.115. The predicted molar refractivity (Wildman–Crippen MR) is 60.5 cm³/mol. The van der Waals surface area contributed by atoms with Crippen LogP contribution in [-0.4, -0.2) is 17.4 Å². The molecule has 86 valence electrons. The Balaban J connectivity index is 3.08. The van der Waals surface area contributed by atoms with E-state index in [1.807, 2.05) is 6.92 Å². The Morgan fingerprint density at radius 3 is 2.75 bits per heavy atom. The van der Waals surface area contributed by atoms with Crippen LogP contribution in [0.4, 0.5) is 5.69 Å². The minimum Gasteiger partial charge on any atom is -0.352 e. The van der Waals surface area contributed by atoms with E-state index in [-0.39, 0.29) is 11.3 Å². The highest BCUT2D eigenvalue weighted by molar-refractivity contribution is 5.98. The molecule has 5 heteroatoms. The third-order valence-corrected chi connectivity index (χ3v) is 2.20. The lowest BCUT2D eigenvalue weighted by Gasteiger charge is -2.05. The van der Waals surface area contributed by atoms with Gasteiger partial charge in [-0.05, 0) is 19.4 Å². The van der Waals surface area contributed by atoms with Crippen molar-refractivity contribution in [3.05, 3.63) is 39.4 Å². The van der Waals surface area contributed by atoms with Crippen molar-refractivity contribution in [2.45, 2.75) is 20.3 Å². The van der Waals surface area contributed by atoms with E-state index in [9.17, 15) is 14.9 Å². The molecule has 0 aliphatic rings. The molecule has 1 aromatic carbocycles. The van der Waals surface area contributed by atoms with Gasteiger partial charge < -0.3 is 5.32 Å². The third kappa shape index (κ3) is 2.56. The summed E-state index contributed by atoms with van der Waals surface area (Å²) in [5, 5.41) is 13.5. The predicted octanol–water partition coefficient (Wildman–Crippen LogP) is 2.04. The third-order valence-electron chi connectivity index (χ3n) is 2.20. The number of nitrogens with zero attached hydrogens (tertiary/aromatic N) is 1. The van der Waals surface area contributed by atoms with Crippen molar-refractivity contribution in [1.29, 1.82) is 0 Å². The normalized spacial score (nSPS) is 9.88. The Labute approximate surface area is 93.6 Å². The minimum atomic E-state index is -0.518. The molecule has 0 heterocycles. The monoisotopic (exact) mass is 222 g/mol. The first-order valence-electron chi connectivity index (χ1n) is 5.10. The van der Waals surface area contributed by atoms with Crippen LogP contribution in [-0.2, 0) is 0 Å². The molecule has 0 spiro atoms. The van der Waals surface area contributed by atoms with Crippen LogP contribution < -0.4 is 5.32 Å². The fourth-order valence-corrected chi connectivity index (χ4v) is 1.42. The fourth-order valence-electron chi connectivity index (χ4n) is 1.42. The molecule has 1 N–H and O–H groups in total. The fraction of sp³-hybridized carbons (Fsp3) is 0.364. The Kier molecular flexibility index (Phi) is 3.99. The van der Waals surface area contributed by atoms with Crippen LogP contribution in [0.2, 0.25) is 0 Å². The number of nitro benzene ring substituents is 1. The molecule has 0 aromatic heterocycles. The maximum atomic E-state index is 11.7. The van der Waals surface area contributed by atoms with Gasteiger partial charge >= 0.3 is 0 Å². The highest BCUT2D eigenvalue weighted by atomic mass is 16.6. The summed E-state index contributed by atoms with van der Waals surface area (Å²) >= 11 is 0. The van der Waals surface area contributed by atoms with Gasteiger partial charge in [0.15, 0.2) is 0 Å². The second kappa shape index (κ2) is 5.25. The summed E-state index contributed by atoms with van der Waals surface area (Å²) in [6.45, 7) is 4.06. The molecular formula is C11H14N2O3. The maximum absolute atomic E-state index is 11.7. The van der Waals surface area contributed by atoms with Gasteiger partial charge in [0.1, 0.15) is 5.56 Å². The van der Waals surface area contributed by atoms with Gasteiger partial charge in [-0.25, -0.2) is 0 Å². The van der Waals surface area contributed by atoms with Crippen molar-refractivity contribution < 1.29 is 9.72 Å². The molecule has 0 bridgehead atoms. The number of carbonyl (C=O) groups is 1. The summed E-state index contributed by atoms with van der Waals surface area (Å²) in [6.07, 6.45) is 0.797. The number of carbonyl (C=O) groups excluding carboxylic acids is 1. The molecule has 1 amide bonds. The van der Waals surface area contributed by atoms with Crippen molar-refractivity contribution in [2.24, 2.45) is 0 Å². The number of hydrogen-bond acceptors (Lipinski definition) is 3. The van der Waals surface area contributed by atoms with Crippen LogP contribution in [0, 0.1) is 17.0 Å². The van der Waals surface area contributed by atoms with Gasteiger partial charge in [0.25, 0.3) is 11.6 Å². The second-order valence-electron chi connectivity index (χ2n) is 3.48. The summed E-state index contributed by atoms with van der Waals surface area (Å²) in [6, 6.07) is 4.73.